The Morgan fingerprint density at radius 1 is 1.29 bits per heavy atom. The van der Waals surface area contributed by atoms with Crippen molar-refractivity contribution in [3.05, 3.63) is 48.4 Å². The summed E-state index contributed by atoms with van der Waals surface area (Å²) in [7, 11) is 0. The molecular formula is C21H23F3N4O3. The molecule has 0 aliphatic rings. The summed E-state index contributed by atoms with van der Waals surface area (Å²) in [4.78, 5) is 15.5. The summed E-state index contributed by atoms with van der Waals surface area (Å²) in [6.45, 7) is 5.07. The van der Waals surface area contributed by atoms with Gasteiger partial charge in [0.2, 0.25) is 0 Å². The van der Waals surface area contributed by atoms with Crippen LogP contribution in [-0.4, -0.2) is 32.9 Å². The molecule has 2 heterocycles. The van der Waals surface area contributed by atoms with Crippen molar-refractivity contribution in [1.29, 1.82) is 0 Å². The van der Waals surface area contributed by atoms with Crippen LogP contribution in [0.5, 0.6) is 5.75 Å². The van der Waals surface area contributed by atoms with Gasteiger partial charge in [0, 0.05) is 18.0 Å². The molecule has 0 saturated heterocycles. The Morgan fingerprint density at radius 2 is 2.03 bits per heavy atom. The molecule has 0 aliphatic heterocycles. The number of hydrogen-bond acceptors (Lipinski definition) is 5. The zero-order valence-electron chi connectivity index (χ0n) is 17.3. The van der Waals surface area contributed by atoms with Crippen LogP contribution in [0.15, 0.2) is 42.9 Å². The predicted octanol–water partition coefficient (Wildman–Crippen LogP) is 4.69. The minimum absolute atomic E-state index is 0.0977. The lowest BCUT2D eigenvalue weighted by Gasteiger charge is -2.30. The Morgan fingerprint density at radius 3 is 2.68 bits per heavy atom. The quantitative estimate of drug-likeness (QED) is 0.580. The van der Waals surface area contributed by atoms with Crippen molar-refractivity contribution in [3.8, 4) is 16.9 Å². The molecule has 7 nitrogen and oxygen atoms in total. The fourth-order valence-electron chi connectivity index (χ4n) is 3.54. The van der Waals surface area contributed by atoms with Crippen LogP contribution in [0.2, 0.25) is 0 Å². The fraction of sp³-hybridized carbons (Fsp3) is 0.381. The number of nitrogens with two attached hydrogens (primary N) is 1. The number of primary amides is 1. The van der Waals surface area contributed by atoms with Gasteiger partial charge in [-0.15, -0.1) is 0 Å². The van der Waals surface area contributed by atoms with E-state index in [0.717, 1.165) is 6.07 Å². The molecule has 10 heteroatoms. The first kappa shape index (κ1) is 22.4. The second-order valence-electron chi connectivity index (χ2n) is 7.91. The van der Waals surface area contributed by atoms with E-state index in [-0.39, 0.29) is 18.3 Å². The molecule has 0 aliphatic carbocycles. The van der Waals surface area contributed by atoms with Crippen molar-refractivity contribution >= 4 is 11.7 Å². The van der Waals surface area contributed by atoms with Crippen LogP contribution in [0.1, 0.15) is 32.8 Å². The zero-order chi connectivity index (χ0) is 22.8. The van der Waals surface area contributed by atoms with Crippen LogP contribution >= 0.6 is 0 Å². The van der Waals surface area contributed by atoms with Gasteiger partial charge in [-0.2, -0.15) is 18.3 Å². The molecule has 1 aromatic carbocycles. The van der Waals surface area contributed by atoms with Crippen LogP contribution in [0, 0.1) is 5.92 Å². The Kier molecular flexibility index (Phi) is 6.10. The number of alkyl halides is 3. The summed E-state index contributed by atoms with van der Waals surface area (Å²) in [5.41, 5.74) is 4.20. The SMILES string of the molecule is CC(C)CC(C)(COc1ccc(-c2cnn3cccnc23)cc1C(F)(F)F)OC(N)=O. The van der Waals surface area contributed by atoms with Crippen molar-refractivity contribution < 1.29 is 27.4 Å². The zero-order valence-corrected chi connectivity index (χ0v) is 17.3. The molecule has 2 N–H and O–H groups in total. The molecule has 0 radical (unpaired) electrons. The van der Waals surface area contributed by atoms with Crippen molar-refractivity contribution in [2.24, 2.45) is 11.7 Å². The summed E-state index contributed by atoms with van der Waals surface area (Å²) in [5, 5.41) is 4.11. The van der Waals surface area contributed by atoms with Gasteiger partial charge in [-0.05, 0) is 43.0 Å². The Labute approximate surface area is 177 Å². The topological polar surface area (TPSA) is 91.7 Å². The lowest BCUT2D eigenvalue weighted by molar-refractivity contribution is -0.139. The van der Waals surface area contributed by atoms with Crippen molar-refractivity contribution in [2.75, 3.05) is 6.61 Å². The third-order valence-electron chi connectivity index (χ3n) is 4.60. The van der Waals surface area contributed by atoms with E-state index in [1.54, 1.807) is 19.2 Å². The first-order valence-corrected chi connectivity index (χ1v) is 9.60. The largest absolute Gasteiger partial charge is 0.489 e. The van der Waals surface area contributed by atoms with Gasteiger partial charge in [-0.25, -0.2) is 14.3 Å². The van der Waals surface area contributed by atoms with E-state index in [0.29, 0.717) is 23.2 Å². The van der Waals surface area contributed by atoms with Crippen LogP contribution in [0.25, 0.3) is 16.8 Å². The summed E-state index contributed by atoms with van der Waals surface area (Å²) in [6, 6.07) is 5.41. The maximum Gasteiger partial charge on any atom is 0.419 e. The standard InChI is InChI=1S/C21H23F3N4O3/c1-13(2)10-20(3,31-19(25)29)12-30-17-6-5-14(9-16(17)21(22,23)24)15-11-27-28-8-4-7-26-18(15)28/h4-9,11,13H,10,12H2,1-3H3,(H2,25,29). The predicted molar refractivity (Wildman–Crippen MR) is 107 cm³/mol. The minimum Gasteiger partial charge on any atom is -0.489 e. The van der Waals surface area contributed by atoms with E-state index in [4.69, 9.17) is 15.2 Å². The Balaban J connectivity index is 1.95. The van der Waals surface area contributed by atoms with Crippen molar-refractivity contribution in [3.63, 3.8) is 0 Å². The lowest BCUT2D eigenvalue weighted by Crippen LogP contribution is -2.41. The third-order valence-corrected chi connectivity index (χ3v) is 4.60. The second-order valence-corrected chi connectivity index (χ2v) is 7.91. The maximum atomic E-state index is 13.8. The maximum absolute atomic E-state index is 13.8. The average molecular weight is 436 g/mol. The van der Waals surface area contributed by atoms with Gasteiger partial charge >= 0.3 is 12.3 Å². The molecule has 0 spiro atoms. The molecule has 1 unspecified atom stereocenters. The smallest absolute Gasteiger partial charge is 0.419 e. The highest BCUT2D eigenvalue weighted by atomic mass is 19.4. The third kappa shape index (κ3) is 5.25. The number of hydrogen-bond donors (Lipinski definition) is 1. The van der Waals surface area contributed by atoms with E-state index in [9.17, 15) is 18.0 Å². The second kappa shape index (κ2) is 8.44. The van der Waals surface area contributed by atoms with E-state index < -0.39 is 23.4 Å². The Bertz CT molecular complexity index is 1080. The minimum atomic E-state index is -4.67. The van der Waals surface area contributed by atoms with Crippen LogP contribution in [-0.2, 0) is 10.9 Å². The van der Waals surface area contributed by atoms with Gasteiger partial charge in [-0.1, -0.05) is 19.9 Å². The molecule has 166 valence electrons. The number of benzene rings is 1. The number of halogens is 3. The van der Waals surface area contributed by atoms with E-state index in [1.165, 1.54) is 29.0 Å². The highest BCUT2D eigenvalue weighted by Gasteiger charge is 2.37. The number of amides is 1. The normalized spacial score (nSPS) is 13.9. The molecule has 1 amide bonds. The van der Waals surface area contributed by atoms with Gasteiger partial charge in [0.15, 0.2) is 5.65 Å². The number of carbonyl (C=O) groups is 1. The van der Waals surface area contributed by atoms with Crippen molar-refractivity contribution in [1.82, 2.24) is 14.6 Å². The summed E-state index contributed by atoms with van der Waals surface area (Å²) >= 11 is 0. The molecule has 1 atom stereocenters. The summed E-state index contributed by atoms with van der Waals surface area (Å²) in [5.74, 6) is -0.274. The molecule has 3 aromatic rings. The summed E-state index contributed by atoms with van der Waals surface area (Å²) in [6.07, 6.45) is -0.666. The number of rotatable bonds is 7. The Hall–Kier alpha value is -3.30. The van der Waals surface area contributed by atoms with Crippen LogP contribution < -0.4 is 10.5 Å². The van der Waals surface area contributed by atoms with E-state index in [2.05, 4.69) is 10.1 Å². The first-order chi connectivity index (χ1) is 14.5. The highest BCUT2D eigenvalue weighted by molar-refractivity contribution is 5.77. The van der Waals surface area contributed by atoms with Crippen LogP contribution in [0.3, 0.4) is 0 Å². The molecule has 3 rings (SSSR count). The number of nitrogens with zero attached hydrogens (tertiary/aromatic N) is 3. The number of carbonyl (C=O) groups excluding carboxylic acids is 1. The van der Waals surface area contributed by atoms with Gasteiger partial charge in [0.25, 0.3) is 0 Å². The monoisotopic (exact) mass is 436 g/mol. The fourth-order valence-corrected chi connectivity index (χ4v) is 3.54. The first-order valence-electron chi connectivity index (χ1n) is 9.60. The summed E-state index contributed by atoms with van der Waals surface area (Å²) < 4.78 is 53.5. The van der Waals surface area contributed by atoms with E-state index >= 15 is 0 Å². The molecule has 31 heavy (non-hydrogen) atoms. The van der Waals surface area contributed by atoms with Gasteiger partial charge < -0.3 is 15.2 Å². The number of ether oxygens (including phenoxy) is 2. The number of aromatic nitrogens is 3. The lowest BCUT2D eigenvalue weighted by atomic mass is 9.95. The van der Waals surface area contributed by atoms with Crippen molar-refractivity contribution in [2.45, 2.75) is 39.0 Å². The molecule has 2 aromatic heterocycles. The molecule has 0 bridgehead atoms. The van der Waals surface area contributed by atoms with Gasteiger partial charge in [0.05, 0.1) is 11.8 Å². The van der Waals surface area contributed by atoms with E-state index in [1.807, 2.05) is 13.8 Å². The van der Waals surface area contributed by atoms with Gasteiger partial charge in [0.1, 0.15) is 18.0 Å². The molecule has 0 saturated carbocycles. The van der Waals surface area contributed by atoms with Crippen LogP contribution in [0.4, 0.5) is 18.0 Å². The highest BCUT2D eigenvalue weighted by Crippen LogP contribution is 2.40. The van der Waals surface area contributed by atoms with Gasteiger partial charge in [-0.3, -0.25) is 0 Å². The number of fused-ring (bicyclic) bond motifs is 1. The molecular weight excluding hydrogens is 413 g/mol. The molecule has 0 fully saturated rings. The average Bonchev–Trinajstić information content (AvgIpc) is 3.08.